The highest BCUT2D eigenvalue weighted by atomic mass is 16.5. The van der Waals surface area contributed by atoms with Crippen molar-refractivity contribution in [2.45, 2.75) is 158 Å². The number of fused-ring (bicyclic) bond motifs is 2. The summed E-state index contributed by atoms with van der Waals surface area (Å²) in [6, 6.07) is 45.6. The van der Waals surface area contributed by atoms with Gasteiger partial charge in [0.05, 0.1) is 32.4 Å². The molecule has 14 heteroatoms. The summed E-state index contributed by atoms with van der Waals surface area (Å²) < 4.78 is 7.78. The first-order valence-electron chi connectivity index (χ1n) is 37.5. The highest BCUT2D eigenvalue weighted by Crippen LogP contribution is 2.50. The summed E-state index contributed by atoms with van der Waals surface area (Å²) in [5.74, 6) is -2.30. The van der Waals surface area contributed by atoms with Crippen LogP contribution in [-0.4, -0.2) is 108 Å². The fraction of sp³-hybridized carbons (Fsp3) is 0.352. The predicted molar refractivity (Wildman–Crippen MR) is 426 cm³/mol. The van der Waals surface area contributed by atoms with E-state index in [-0.39, 0.29) is 36.5 Å². The monoisotopic (exact) mass is 1400 g/mol. The highest BCUT2D eigenvalue weighted by Gasteiger charge is 2.43. The third-order valence-electron chi connectivity index (χ3n) is 21.0. The molecule has 5 aromatic rings. The van der Waals surface area contributed by atoms with Gasteiger partial charge >= 0.3 is 0 Å². The standard InChI is InChI=1S/C91H103N8O6/c1-14-18-53-94(54-19-15-2)72-45-41-70(42-46-72)76(68-37-33-66(34-38-68)61-97-81-31-24-22-29-79(81)90(8,9)83(97)51-49-74-64(6)78(59-92)88(103)99(87(74)102)60-63(5)100)27-26-28-77(71-43-47-73(48-44-71)95(55-20-16-3)56-21-17-4)69-39-35-67(36-40-69)62-98-82-32-25-23-30-80(82)91(10,11)84(98)52-50-75-65(7)85(93-12)89(104)96(86(75)101)57-58-105-13/h22-52,63,100H,14-21,53-58,60-62H2,1-11,13H3/q+1. The van der Waals surface area contributed by atoms with E-state index in [2.05, 4.69) is 231 Å². The average Bonchev–Trinajstić information content (AvgIpc) is 1.51. The number of methoxy groups -OCH3 is 1. The Hall–Kier alpha value is -10.5. The van der Waals surface area contributed by atoms with Crippen molar-refractivity contribution in [3.05, 3.63) is 289 Å². The molecule has 1 N–H and O–H groups in total. The molecule has 1 atom stereocenters. The largest absolute Gasteiger partial charge is 0.392 e. The van der Waals surface area contributed by atoms with Gasteiger partial charge in [0.2, 0.25) is 0 Å². The minimum Gasteiger partial charge on any atom is -0.392 e. The van der Waals surface area contributed by atoms with Gasteiger partial charge in [-0.05, 0) is 161 Å². The van der Waals surface area contributed by atoms with Gasteiger partial charge in [0.25, 0.3) is 29.3 Å². The number of rotatable bonds is 29. The third kappa shape index (κ3) is 16.9. The number of hydrogen-bond acceptors (Lipinski definition) is 10. The maximum atomic E-state index is 14.1. The molecule has 0 spiro atoms. The number of allylic oxidation sites excluding steroid dienone is 15. The van der Waals surface area contributed by atoms with Crippen LogP contribution in [0.15, 0.2) is 239 Å². The van der Waals surface area contributed by atoms with Crippen LogP contribution in [0, 0.1) is 17.9 Å². The van der Waals surface area contributed by atoms with Crippen LogP contribution in [0.5, 0.6) is 0 Å². The number of β-amino-alcohol motifs (C(OH)–C–C–N with tert-alkyl or cyclic N) is 1. The molecule has 0 aromatic heterocycles. The summed E-state index contributed by atoms with van der Waals surface area (Å²) in [7, 11) is 1.52. The van der Waals surface area contributed by atoms with E-state index in [1.807, 2.05) is 30.4 Å². The second-order valence-corrected chi connectivity index (χ2v) is 29.0. The summed E-state index contributed by atoms with van der Waals surface area (Å²) >= 11 is 0. The molecule has 0 saturated heterocycles. The lowest BCUT2D eigenvalue weighted by Gasteiger charge is -2.29. The number of unbranched alkanes of at least 4 members (excludes halogenated alkanes) is 4. The number of para-hydroxylation sites is 2. The lowest BCUT2D eigenvalue weighted by atomic mass is 9.83. The molecule has 14 nitrogen and oxygen atoms in total. The van der Waals surface area contributed by atoms with Crippen molar-refractivity contribution < 1.29 is 33.6 Å². The molecule has 0 bridgehead atoms. The Morgan fingerprint density at radius 1 is 0.619 bits per heavy atom. The van der Waals surface area contributed by atoms with Crippen LogP contribution in [0.25, 0.3) is 16.0 Å². The second-order valence-electron chi connectivity index (χ2n) is 29.0. The summed E-state index contributed by atoms with van der Waals surface area (Å²) in [6.07, 6.45) is 31.2. The number of nitrogens with zero attached hydrogens (tertiary/aromatic N) is 8. The van der Waals surface area contributed by atoms with Crippen molar-refractivity contribution in [3.8, 4) is 6.07 Å². The molecule has 0 saturated carbocycles. The second kappa shape index (κ2) is 34.8. The predicted octanol–water partition coefficient (Wildman–Crippen LogP) is 17.7. The number of nitriles is 1. The SMILES string of the molecule is [C-]#[N+]C1=C(C)C(=CC=C2N(Cc3ccc(C(C=CC=C(c4ccc(CN5C(=CC=C6C(=O)N(CC(C)O)C(=O)C(C#N)=C6C)C(C)(C)c6ccccc65)cc4)c4ccc(N(CCCC)CCCC)cc4)=C4C=CC(=[N+](CCCC)CCCC)C=C4)cc3)c3ccccc3C2(C)C)C(=O)N(CCOC)C1=O. The van der Waals surface area contributed by atoms with Gasteiger partial charge in [0.1, 0.15) is 24.7 Å². The van der Waals surface area contributed by atoms with Gasteiger partial charge in [-0.1, -0.05) is 196 Å². The molecule has 5 aromatic carbocycles. The van der Waals surface area contributed by atoms with Gasteiger partial charge in [0.15, 0.2) is 5.71 Å². The van der Waals surface area contributed by atoms with Gasteiger partial charge in [-0.25, -0.2) is 9.42 Å². The van der Waals surface area contributed by atoms with E-state index in [4.69, 9.17) is 11.3 Å². The van der Waals surface area contributed by atoms with Crippen LogP contribution >= 0.6 is 0 Å². The zero-order valence-corrected chi connectivity index (χ0v) is 63.6. The van der Waals surface area contributed by atoms with Crippen molar-refractivity contribution in [2.75, 3.05) is 67.7 Å². The Morgan fingerprint density at radius 2 is 1.10 bits per heavy atom. The van der Waals surface area contributed by atoms with E-state index >= 15 is 0 Å². The van der Waals surface area contributed by atoms with Gasteiger partial charge in [0, 0.05) is 109 Å². The minimum absolute atomic E-state index is 0.0417. The van der Waals surface area contributed by atoms with Crippen molar-refractivity contribution in [1.29, 1.82) is 5.26 Å². The average molecular weight is 1400 g/mol. The Labute approximate surface area is 623 Å². The third-order valence-corrected chi connectivity index (χ3v) is 21.0. The topological polar surface area (TPSA) is 145 Å². The van der Waals surface area contributed by atoms with E-state index in [0.29, 0.717) is 29.8 Å². The van der Waals surface area contributed by atoms with E-state index in [9.17, 15) is 29.5 Å². The fourth-order valence-corrected chi connectivity index (χ4v) is 14.8. The van der Waals surface area contributed by atoms with Crippen molar-refractivity contribution >= 4 is 57.5 Å². The smallest absolute Gasteiger partial charge is 0.271 e. The molecular formula is C91H103N8O6+. The van der Waals surface area contributed by atoms with Crippen LogP contribution in [0.1, 0.15) is 166 Å². The Bertz CT molecular complexity index is 4560. The maximum Gasteiger partial charge on any atom is 0.271 e. The zero-order valence-electron chi connectivity index (χ0n) is 63.6. The van der Waals surface area contributed by atoms with Crippen molar-refractivity contribution in [3.63, 3.8) is 0 Å². The molecule has 5 aliphatic rings. The first-order valence-corrected chi connectivity index (χ1v) is 37.5. The fourth-order valence-electron chi connectivity index (χ4n) is 14.8. The van der Waals surface area contributed by atoms with Crippen molar-refractivity contribution in [1.82, 2.24) is 9.80 Å². The number of carbonyl (C=O) groups excluding carboxylic acids is 4. The van der Waals surface area contributed by atoms with Crippen LogP contribution in [0.3, 0.4) is 0 Å². The molecule has 0 radical (unpaired) electrons. The van der Waals surface area contributed by atoms with Crippen molar-refractivity contribution in [2.24, 2.45) is 0 Å². The molecule has 542 valence electrons. The zero-order chi connectivity index (χ0) is 75.1. The Kier molecular flexibility index (Phi) is 25.6. The quantitative estimate of drug-likeness (QED) is 0.0161. The summed E-state index contributed by atoms with van der Waals surface area (Å²) in [6.45, 7) is 35.5. The minimum atomic E-state index is -0.973. The molecule has 0 fully saturated rings. The number of aliphatic hydroxyl groups is 1. The number of benzene rings is 5. The van der Waals surface area contributed by atoms with Crippen LogP contribution in [0.4, 0.5) is 17.1 Å². The van der Waals surface area contributed by atoms with E-state index < -0.39 is 40.6 Å². The lowest BCUT2D eigenvalue weighted by molar-refractivity contribution is -0.527. The normalized spacial score (nSPS) is 18.3. The molecule has 4 amide bonds. The number of aliphatic hydroxyl groups excluding tert-OH is 1. The number of imide groups is 2. The number of amides is 4. The number of ether oxygens (including phenoxy) is 1. The molecule has 1 unspecified atom stereocenters. The Balaban J connectivity index is 1.04. The first-order chi connectivity index (χ1) is 50.6. The maximum absolute atomic E-state index is 14.1. The highest BCUT2D eigenvalue weighted by molar-refractivity contribution is 6.19. The molecule has 4 aliphatic heterocycles. The van der Waals surface area contributed by atoms with Gasteiger partial charge in [-0.3, -0.25) is 29.0 Å². The van der Waals surface area contributed by atoms with Gasteiger partial charge in [-0.15, -0.1) is 0 Å². The lowest BCUT2D eigenvalue weighted by Crippen LogP contribution is -2.45. The van der Waals surface area contributed by atoms with E-state index in [1.54, 1.807) is 26.0 Å². The molecular weight excluding hydrogens is 1300 g/mol. The molecule has 10 rings (SSSR count). The number of carbonyl (C=O) groups is 4. The van der Waals surface area contributed by atoms with E-state index in [0.717, 1.165) is 166 Å². The van der Waals surface area contributed by atoms with Crippen LogP contribution in [-0.2, 0) is 47.8 Å². The van der Waals surface area contributed by atoms with E-state index in [1.165, 1.54) is 25.4 Å². The summed E-state index contributed by atoms with van der Waals surface area (Å²) in [5, 5.41) is 20.4. The molecule has 4 heterocycles. The van der Waals surface area contributed by atoms with Crippen LogP contribution < -0.4 is 14.7 Å². The molecule has 1 aliphatic carbocycles. The summed E-state index contributed by atoms with van der Waals surface area (Å²) in [5.41, 5.74) is 17.4. The summed E-state index contributed by atoms with van der Waals surface area (Å²) in [4.78, 5) is 67.6. The Morgan fingerprint density at radius 3 is 1.59 bits per heavy atom. The van der Waals surface area contributed by atoms with Gasteiger partial charge < -0.3 is 24.5 Å². The van der Waals surface area contributed by atoms with Gasteiger partial charge in [-0.2, -0.15) is 5.26 Å². The number of anilines is 3. The first kappa shape index (κ1) is 77.1. The van der Waals surface area contributed by atoms with Crippen LogP contribution in [0.2, 0.25) is 0 Å². The molecule has 105 heavy (non-hydrogen) atoms. The number of hydrogen-bond donors (Lipinski definition) is 1.